The van der Waals surface area contributed by atoms with Crippen molar-refractivity contribution in [1.82, 2.24) is 0 Å². The highest BCUT2D eigenvalue weighted by molar-refractivity contribution is 14.1. The molecular weight excluding hydrogens is 722 g/mol. The van der Waals surface area contributed by atoms with Crippen LogP contribution in [0.3, 0.4) is 0 Å². The first-order valence-electron chi connectivity index (χ1n) is 7.31. The molecule has 0 bridgehead atoms. The summed E-state index contributed by atoms with van der Waals surface area (Å²) in [6.45, 7) is 0. The van der Waals surface area contributed by atoms with E-state index in [1.807, 2.05) is 50.5 Å². The zero-order valence-corrected chi connectivity index (χ0v) is 22.7. The molecule has 0 unspecified atom stereocenters. The molecule has 0 radical (unpaired) electrons. The van der Waals surface area contributed by atoms with Crippen LogP contribution in [0.15, 0.2) is 61.0 Å². The zero-order valence-electron chi connectivity index (χ0n) is 13.6. The number of hydrogen-bond donors (Lipinski definition) is 1. The first-order valence-corrected chi connectivity index (χ1v) is 13.9. The minimum Gasteiger partial charge on any atom is -0.384 e. The van der Waals surface area contributed by atoms with Gasteiger partial charge in [-0.25, -0.2) is 0 Å². The van der Waals surface area contributed by atoms with Gasteiger partial charge < -0.3 is 5.11 Å². The molecule has 0 aliphatic carbocycles. The molecule has 4 aromatic rings. The highest BCUT2D eigenvalue weighted by atomic mass is 127. The number of aldehydes is 1. The van der Waals surface area contributed by atoms with Crippen LogP contribution in [-0.2, 0) is 0 Å². The molecule has 0 saturated carbocycles. The molecule has 0 aromatic carbocycles. The molecule has 0 aliphatic rings. The van der Waals surface area contributed by atoms with E-state index in [9.17, 15) is 9.90 Å². The minimum absolute atomic E-state index is 0. The van der Waals surface area contributed by atoms with E-state index in [-0.39, 0.29) is 7.43 Å². The molecule has 0 amide bonds. The molecule has 0 saturated heterocycles. The summed E-state index contributed by atoms with van der Waals surface area (Å²) >= 11 is 14.4. The van der Waals surface area contributed by atoms with Gasteiger partial charge in [-0.15, -0.1) is 22.7 Å². The van der Waals surface area contributed by atoms with Crippen LogP contribution in [0.5, 0.6) is 0 Å². The summed E-state index contributed by atoms with van der Waals surface area (Å²) in [5, 5.41) is 21.9. The summed E-state index contributed by atoms with van der Waals surface area (Å²) in [4.78, 5) is 9.87. The second-order valence-corrected chi connectivity index (χ2v) is 12.7. The lowest BCUT2D eigenvalue weighted by Crippen LogP contribution is -1.99. The van der Waals surface area contributed by atoms with Gasteiger partial charge in [-0.05, 0) is 107 Å². The van der Waals surface area contributed by atoms with Gasteiger partial charge in [-0.2, -0.15) is 22.7 Å². The second-order valence-electron chi connectivity index (χ2n) is 4.82. The molecule has 2 nitrogen and oxygen atoms in total. The molecular formula is C19H17BrI2O2S4. The Labute approximate surface area is 217 Å². The lowest BCUT2D eigenvalue weighted by Gasteiger charge is -2.08. The Hall–Kier alpha value is 0.370. The van der Waals surface area contributed by atoms with Crippen LogP contribution in [0.2, 0.25) is 0 Å². The lowest BCUT2D eigenvalue weighted by atomic mass is 10.1. The average Bonchev–Trinajstić information content (AvgIpc) is 3.44. The maximum atomic E-state index is 10.1. The lowest BCUT2D eigenvalue weighted by molar-refractivity contribution is 0.112. The van der Waals surface area contributed by atoms with Crippen molar-refractivity contribution >= 4 is 113 Å². The molecule has 150 valence electrons. The largest absolute Gasteiger partial charge is 0.384 e. The summed E-state index contributed by atoms with van der Waals surface area (Å²) in [5.41, 5.74) is 2.81. The molecule has 0 spiro atoms. The summed E-state index contributed by atoms with van der Waals surface area (Å²) in [5.74, 6) is 0. The monoisotopic (exact) mass is 738 g/mol. The van der Waals surface area contributed by atoms with Crippen LogP contribution in [0.4, 0.5) is 0 Å². The standard InChI is InChI=1S/C9H6I2OS2.C5H4OS.C4H3BrS.CH4/c10-8-5(1-3-13-8)7(12)6-2-4-14-9(6)11;6-3-5-1-2-7-4-5;5-4-1-2-6-3-4;/h1-4,7,12H;1-4H;1-3H;1H4. The Bertz CT molecular complexity index is 877. The predicted octanol–water partition coefficient (Wildman–Crippen LogP) is 8.81. The van der Waals surface area contributed by atoms with Crippen molar-refractivity contribution in [3.05, 3.63) is 83.5 Å². The van der Waals surface area contributed by atoms with Crippen molar-refractivity contribution in [2.24, 2.45) is 0 Å². The maximum absolute atomic E-state index is 10.1. The van der Waals surface area contributed by atoms with Crippen molar-refractivity contribution in [3.63, 3.8) is 0 Å². The number of halogens is 3. The van der Waals surface area contributed by atoms with E-state index in [0.717, 1.165) is 28.7 Å². The number of rotatable bonds is 3. The number of hydrogen-bond acceptors (Lipinski definition) is 6. The zero-order chi connectivity index (χ0) is 19.6. The fourth-order valence-corrected chi connectivity index (χ4v) is 6.63. The highest BCUT2D eigenvalue weighted by Crippen LogP contribution is 2.33. The number of carbonyl (C=O) groups is 1. The molecule has 28 heavy (non-hydrogen) atoms. The average molecular weight is 739 g/mol. The van der Waals surface area contributed by atoms with E-state index in [2.05, 4.69) is 61.1 Å². The Morgan fingerprint density at radius 1 is 0.893 bits per heavy atom. The summed E-state index contributed by atoms with van der Waals surface area (Å²) in [7, 11) is 0. The van der Waals surface area contributed by atoms with E-state index in [0.29, 0.717) is 0 Å². The van der Waals surface area contributed by atoms with Gasteiger partial charge in [0.25, 0.3) is 0 Å². The van der Waals surface area contributed by atoms with Gasteiger partial charge in [-0.1, -0.05) is 7.43 Å². The van der Waals surface area contributed by atoms with Crippen LogP contribution >= 0.6 is 106 Å². The van der Waals surface area contributed by atoms with E-state index >= 15 is 0 Å². The normalized spacial score (nSPS) is 9.61. The van der Waals surface area contributed by atoms with Crippen molar-refractivity contribution in [2.45, 2.75) is 13.5 Å². The van der Waals surface area contributed by atoms with Crippen LogP contribution in [0, 0.1) is 5.77 Å². The smallest absolute Gasteiger partial charge is 0.150 e. The third-order valence-corrected chi connectivity index (χ3v) is 9.43. The third-order valence-electron chi connectivity index (χ3n) is 3.05. The number of carbonyl (C=O) groups excluding carboxylic acids is 1. The van der Waals surface area contributed by atoms with Gasteiger partial charge in [0, 0.05) is 31.9 Å². The predicted molar refractivity (Wildman–Crippen MR) is 147 cm³/mol. The molecule has 4 heterocycles. The maximum Gasteiger partial charge on any atom is 0.150 e. The van der Waals surface area contributed by atoms with Crippen LogP contribution in [-0.4, -0.2) is 11.4 Å². The minimum atomic E-state index is -0.466. The Morgan fingerprint density at radius 2 is 1.43 bits per heavy atom. The molecule has 1 N–H and O–H groups in total. The van der Waals surface area contributed by atoms with E-state index in [1.54, 1.807) is 40.1 Å². The van der Waals surface area contributed by atoms with Gasteiger partial charge in [0.05, 0.1) is 5.77 Å². The summed E-state index contributed by atoms with van der Waals surface area (Å²) in [6.07, 6.45) is 0.377. The van der Waals surface area contributed by atoms with Crippen molar-refractivity contribution < 1.29 is 9.90 Å². The molecule has 0 fully saturated rings. The van der Waals surface area contributed by atoms with Crippen LogP contribution in [0.1, 0.15) is 35.0 Å². The number of aliphatic hydroxyl groups is 1. The van der Waals surface area contributed by atoms with Crippen molar-refractivity contribution in [1.29, 1.82) is 0 Å². The quantitative estimate of drug-likeness (QED) is 0.169. The Kier molecular flexibility index (Phi) is 13.6. The highest BCUT2D eigenvalue weighted by Gasteiger charge is 2.17. The van der Waals surface area contributed by atoms with E-state index < -0.39 is 6.10 Å². The van der Waals surface area contributed by atoms with Crippen LogP contribution in [0.25, 0.3) is 0 Å². The first-order chi connectivity index (χ1) is 13.0. The van der Waals surface area contributed by atoms with Gasteiger partial charge in [-0.3, -0.25) is 4.79 Å². The van der Waals surface area contributed by atoms with Crippen molar-refractivity contribution in [2.75, 3.05) is 0 Å². The molecule has 9 heteroatoms. The van der Waals surface area contributed by atoms with Gasteiger partial charge >= 0.3 is 0 Å². The first kappa shape index (κ1) is 26.4. The van der Waals surface area contributed by atoms with Crippen LogP contribution < -0.4 is 0 Å². The fourth-order valence-electron chi connectivity index (χ4n) is 1.76. The Balaban J connectivity index is 0.000000235. The molecule has 4 aromatic heterocycles. The van der Waals surface area contributed by atoms with E-state index in [1.165, 1.54) is 15.8 Å². The Morgan fingerprint density at radius 3 is 1.68 bits per heavy atom. The van der Waals surface area contributed by atoms with Crippen molar-refractivity contribution in [3.8, 4) is 0 Å². The topological polar surface area (TPSA) is 37.3 Å². The van der Waals surface area contributed by atoms with E-state index in [4.69, 9.17) is 0 Å². The van der Waals surface area contributed by atoms with Gasteiger partial charge in [0.1, 0.15) is 6.10 Å². The van der Waals surface area contributed by atoms with Gasteiger partial charge in [0.15, 0.2) is 6.29 Å². The third kappa shape index (κ3) is 8.62. The fraction of sp³-hybridized carbons (Fsp3) is 0.105. The molecule has 0 aliphatic heterocycles. The molecule has 4 rings (SSSR count). The number of thiophene rings is 4. The van der Waals surface area contributed by atoms with Gasteiger partial charge in [0.2, 0.25) is 0 Å². The SMILES string of the molecule is Brc1ccsc1.C.O=Cc1ccsc1.OC(c1ccsc1I)c1ccsc1I. The summed E-state index contributed by atoms with van der Waals surface area (Å²) in [6, 6.07) is 7.79. The second kappa shape index (κ2) is 14.4. The summed E-state index contributed by atoms with van der Waals surface area (Å²) < 4.78 is 3.50. The number of aliphatic hydroxyl groups excluding tert-OH is 1. The molecule has 0 atom stereocenters.